The van der Waals surface area contributed by atoms with E-state index in [1.807, 2.05) is 24.3 Å². The number of carbonyl (C=O) groups is 1. The Kier molecular flexibility index (Phi) is 6.98. The van der Waals surface area contributed by atoms with Crippen molar-refractivity contribution in [2.24, 2.45) is 0 Å². The first-order valence-corrected chi connectivity index (χ1v) is 10.6. The van der Waals surface area contributed by atoms with Crippen LogP contribution in [0.1, 0.15) is 44.6 Å². The Balaban J connectivity index is 1.94. The van der Waals surface area contributed by atoms with Gasteiger partial charge in [0.2, 0.25) is 15.9 Å². The Morgan fingerprint density at radius 2 is 2.08 bits per heavy atom. The molecule has 1 unspecified atom stereocenters. The molecule has 1 aliphatic heterocycles. The molecule has 25 heavy (non-hydrogen) atoms. The SMILES string of the molecule is CC(C)c1ccccc1NC(=O)CCN(CC1CCCO1)S(C)(=O)=O. The van der Waals surface area contributed by atoms with Crippen LogP contribution in [0.2, 0.25) is 0 Å². The fourth-order valence-corrected chi connectivity index (χ4v) is 3.82. The smallest absolute Gasteiger partial charge is 0.225 e. The maximum absolute atomic E-state index is 12.3. The highest BCUT2D eigenvalue weighted by molar-refractivity contribution is 7.88. The summed E-state index contributed by atoms with van der Waals surface area (Å²) in [6.07, 6.45) is 3.04. The van der Waals surface area contributed by atoms with E-state index in [2.05, 4.69) is 19.2 Å². The van der Waals surface area contributed by atoms with E-state index in [0.717, 1.165) is 24.1 Å². The molecule has 1 aromatic carbocycles. The van der Waals surface area contributed by atoms with E-state index in [9.17, 15) is 13.2 Å². The first-order chi connectivity index (χ1) is 11.8. The lowest BCUT2D eigenvalue weighted by molar-refractivity contribution is -0.116. The van der Waals surface area contributed by atoms with E-state index < -0.39 is 10.0 Å². The van der Waals surface area contributed by atoms with E-state index in [-0.39, 0.29) is 25.0 Å². The van der Waals surface area contributed by atoms with Gasteiger partial charge in [-0.1, -0.05) is 32.0 Å². The Morgan fingerprint density at radius 1 is 1.36 bits per heavy atom. The minimum Gasteiger partial charge on any atom is -0.377 e. The van der Waals surface area contributed by atoms with Crippen LogP contribution in [-0.2, 0) is 19.6 Å². The van der Waals surface area contributed by atoms with E-state index in [1.54, 1.807) is 0 Å². The van der Waals surface area contributed by atoms with Gasteiger partial charge in [0.05, 0.1) is 12.4 Å². The fourth-order valence-electron chi connectivity index (χ4n) is 2.96. The highest BCUT2D eigenvalue weighted by atomic mass is 32.2. The molecule has 1 aliphatic rings. The van der Waals surface area contributed by atoms with Crippen molar-refractivity contribution in [2.75, 3.05) is 31.3 Å². The maximum Gasteiger partial charge on any atom is 0.225 e. The zero-order chi connectivity index (χ0) is 18.4. The van der Waals surface area contributed by atoms with Gasteiger partial charge in [-0.15, -0.1) is 0 Å². The number of benzene rings is 1. The van der Waals surface area contributed by atoms with E-state index >= 15 is 0 Å². The second kappa shape index (κ2) is 8.78. The Morgan fingerprint density at radius 3 is 2.68 bits per heavy atom. The summed E-state index contributed by atoms with van der Waals surface area (Å²) in [7, 11) is -3.37. The molecule has 1 amide bonds. The molecule has 0 spiro atoms. The Bertz CT molecular complexity index is 682. The average Bonchev–Trinajstić information content (AvgIpc) is 3.03. The molecule has 1 saturated heterocycles. The zero-order valence-corrected chi connectivity index (χ0v) is 16.0. The first kappa shape index (κ1) is 19.9. The van der Waals surface area contributed by atoms with Crippen LogP contribution in [0.25, 0.3) is 0 Å². The molecule has 0 aliphatic carbocycles. The number of sulfonamides is 1. The molecular formula is C18H28N2O4S. The van der Waals surface area contributed by atoms with Gasteiger partial charge in [-0.3, -0.25) is 4.79 Å². The molecule has 7 heteroatoms. The van der Waals surface area contributed by atoms with Crippen molar-refractivity contribution in [2.45, 2.75) is 45.1 Å². The second-order valence-corrected chi connectivity index (χ2v) is 8.78. The lowest BCUT2D eigenvalue weighted by atomic mass is 10.0. The minimum absolute atomic E-state index is 0.0700. The van der Waals surface area contributed by atoms with Crippen molar-refractivity contribution in [3.8, 4) is 0 Å². The highest BCUT2D eigenvalue weighted by Crippen LogP contribution is 2.23. The van der Waals surface area contributed by atoms with Gasteiger partial charge in [0, 0.05) is 31.8 Å². The van der Waals surface area contributed by atoms with Crippen LogP contribution in [0.4, 0.5) is 5.69 Å². The summed E-state index contributed by atoms with van der Waals surface area (Å²) in [4.78, 5) is 12.3. The highest BCUT2D eigenvalue weighted by Gasteiger charge is 2.25. The largest absolute Gasteiger partial charge is 0.377 e. The molecule has 1 atom stereocenters. The predicted octanol–water partition coefficient (Wildman–Crippen LogP) is 2.58. The topological polar surface area (TPSA) is 75.7 Å². The average molecular weight is 368 g/mol. The summed E-state index contributed by atoms with van der Waals surface area (Å²) in [5, 5.41) is 2.90. The number of ether oxygens (including phenoxy) is 1. The maximum atomic E-state index is 12.3. The molecule has 0 radical (unpaired) electrons. The third-order valence-corrected chi connectivity index (χ3v) is 5.62. The van der Waals surface area contributed by atoms with E-state index in [0.29, 0.717) is 19.1 Å². The van der Waals surface area contributed by atoms with Gasteiger partial charge in [-0.05, 0) is 30.4 Å². The van der Waals surface area contributed by atoms with Crippen molar-refractivity contribution in [3.05, 3.63) is 29.8 Å². The number of rotatable bonds is 8. The van der Waals surface area contributed by atoms with Crippen LogP contribution in [0.15, 0.2) is 24.3 Å². The number of hydrogen-bond donors (Lipinski definition) is 1. The van der Waals surface area contributed by atoms with Crippen molar-refractivity contribution in [1.82, 2.24) is 4.31 Å². The van der Waals surface area contributed by atoms with Crippen molar-refractivity contribution < 1.29 is 17.9 Å². The van der Waals surface area contributed by atoms with Crippen LogP contribution in [0, 0.1) is 0 Å². The van der Waals surface area contributed by atoms with Gasteiger partial charge in [-0.2, -0.15) is 4.31 Å². The predicted molar refractivity (Wildman–Crippen MR) is 99.2 cm³/mol. The molecule has 1 N–H and O–H groups in total. The standard InChI is InChI=1S/C18H28N2O4S/c1-14(2)16-8-4-5-9-17(16)19-18(21)10-11-20(25(3,22)23)13-15-7-6-12-24-15/h4-5,8-9,14-15H,6-7,10-13H2,1-3H3,(H,19,21). The number of para-hydroxylation sites is 1. The third kappa shape index (κ3) is 6.09. The monoisotopic (exact) mass is 368 g/mol. The molecular weight excluding hydrogens is 340 g/mol. The normalized spacial score (nSPS) is 18.0. The summed E-state index contributed by atoms with van der Waals surface area (Å²) in [5.74, 6) is 0.109. The summed E-state index contributed by atoms with van der Waals surface area (Å²) >= 11 is 0. The van der Waals surface area contributed by atoms with Crippen LogP contribution >= 0.6 is 0 Å². The number of hydrogen-bond acceptors (Lipinski definition) is 4. The van der Waals surface area contributed by atoms with Gasteiger partial charge in [0.25, 0.3) is 0 Å². The zero-order valence-electron chi connectivity index (χ0n) is 15.2. The Hall–Kier alpha value is -1.44. The van der Waals surface area contributed by atoms with Gasteiger partial charge >= 0.3 is 0 Å². The van der Waals surface area contributed by atoms with Crippen molar-refractivity contribution in [3.63, 3.8) is 0 Å². The minimum atomic E-state index is -3.37. The molecule has 2 rings (SSSR count). The molecule has 1 aromatic rings. The second-order valence-electron chi connectivity index (χ2n) is 6.80. The number of nitrogens with one attached hydrogen (secondary N) is 1. The van der Waals surface area contributed by atoms with Crippen LogP contribution < -0.4 is 5.32 Å². The molecule has 0 bridgehead atoms. The number of anilines is 1. The van der Waals surface area contributed by atoms with Gasteiger partial charge in [0.1, 0.15) is 0 Å². The van der Waals surface area contributed by atoms with Gasteiger partial charge in [0.15, 0.2) is 0 Å². The lowest BCUT2D eigenvalue weighted by Crippen LogP contribution is -2.38. The molecule has 6 nitrogen and oxygen atoms in total. The van der Waals surface area contributed by atoms with Crippen LogP contribution in [-0.4, -0.2) is 50.7 Å². The molecule has 1 heterocycles. The van der Waals surface area contributed by atoms with Gasteiger partial charge < -0.3 is 10.1 Å². The van der Waals surface area contributed by atoms with Gasteiger partial charge in [-0.25, -0.2) is 8.42 Å². The summed E-state index contributed by atoms with van der Waals surface area (Å²) < 4.78 is 30.8. The molecule has 140 valence electrons. The summed E-state index contributed by atoms with van der Waals surface area (Å²) in [6.45, 7) is 5.29. The summed E-state index contributed by atoms with van der Waals surface area (Å²) in [5.41, 5.74) is 1.85. The number of carbonyl (C=O) groups excluding carboxylic acids is 1. The lowest BCUT2D eigenvalue weighted by Gasteiger charge is -2.23. The third-order valence-electron chi connectivity index (χ3n) is 4.35. The van der Waals surface area contributed by atoms with Crippen LogP contribution in [0.5, 0.6) is 0 Å². The van der Waals surface area contributed by atoms with Crippen LogP contribution in [0.3, 0.4) is 0 Å². The fraction of sp³-hybridized carbons (Fsp3) is 0.611. The quantitative estimate of drug-likeness (QED) is 0.765. The number of amides is 1. The summed E-state index contributed by atoms with van der Waals surface area (Å²) in [6, 6.07) is 7.67. The van der Waals surface area contributed by atoms with Crippen molar-refractivity contribution >= 4 is 21.6 Å². The molecule has 0 saturated carbocycles. The molecule has 0 aromatic heterocycles. The molecule has 1 fully saturated rings. The van der Waals surface area contributed by atoms with E-state index in [4.69, 9.17) is 4.74 Å². The Labute approximate surface area is 150 Å². The van der Waals surface area contributed by atoms with E-state index in [1.165, 1.54) is 10.6 Å². The van der Waals surface area contributed by atoms with Crippen molar-refractivity contribution in [1.29, 1.82) is 0 Å². The first-order valence-electron chi connectivity index (χ1n) is 8.73. The number of nitrogens with zero attached hydrogens (tertiary/aromatic N) is 1.